The van der Waals surface area contributed by atoms with Gasteiger partial charge in [0.2, 0.25) is 0 Å². The van der Waals surface area contributed by atoms with Crippen LogP contribution >= 0.6 is 11.3 Å². The van der Waals surface area contributed by atoms with E-state index in [-0.39, 0.29) is 5.91 Å². The van der Waals surface area contributed by atoms with Crippen LogP contribution in [-0.2, 0) is 0 Å². The molecule has 1 N–H and O–H groups in total. The summed E-state index contributed by atoms with van der Waals surface area (Å²) >= 11 is 1.43. The molecule has 1 amide bonds. The molecule has 4 nitrogen and oxygen atoms in total. The Morgan fingerprint density at radius 3 is 3.00 bits per heavy atom. The predicted octanol–water partition coefficient (Wildman–Crippen LogP) is 0.825. The first-order valence-electron chi connectivity index (χ1n) is 4.51. The Morgan fingerprint density at radius 1 is 1.64 bits per heavy atom. The zero-order valence-corrected chi connectivity index (χ0v) is 9.30. The Labute approximate surface area is 88.0 Å². The average Bonchev–Trinajstić information content (AvgIpc) is 2.64. The number of rotatable bonds is 5. The molecule has 1 aromatic rings. The maximum atomic E-state index is 11.4. The van der Waals surface area contributed by atoms with Gasteiger partial charge in [-0.2, -0.15) is 0 Å². The molecule has 0 saturated heterocycles. The zero-order valence-electron chi connectivity index (χ0n) is 8.49. The van der Waals surface area contributed by atoms with Crippen molar-refractivity contribution in [2.45, 2.75) is 6.42 Å². The van der Waals surface area contributed by atoms with Gasteiger partial charge < -0.3 is 10.2 Å². The topological polar surface area (TPSA) is 45.2 Å². The number of nitrogens with zero attached hydrogens (tertiary/aromatic N) is 2. The SMILES string of the molecule is CN(C)CCCNC(=O)c1cscn1. The van der Waals surface area contributed by atoms with Crippen molar-refractivity contribution in [2.24, 2.45) is 0 Å². The third-order valence-corrected chi connectivity index (χ3v) is 2.32. The van der Waals surface area contributed by atoms with Crippen molar-refractivity contribution in [3.8, 4) is 0 Å². The van der Waals surface area contributed by atoms with Gasteiger partial charge in [0.1, 0.15) is 5.69 Å². The second kappa shape index (κ2) is 5.72. The van der Waals surface area contributed by atoms with Gasteiger partial charge >= 0.3 is 0 Å². The molecule has 0 aromatic carbocycles. The fraction of sp³-hybridized carbons (Fsp3) is 0.556. The number of carbonyl (C=O) groups is 1. The maximum absolute atomic E-state index is 11.4. The summed E-state index contributed by atoms with van der Waals surface area (Å²) in [5, 5.41) is 4.57. The number of aromatic nitrogens is 1. The van der Waals surface area contributed by atoms with Gasteiger partial charge in [0.05, 0.1) is 5.51 Å². The standard InChI is InChI=1S/C9H15N3OS/c1-12(2)5-3-4-10-9(13)8-6-14-7-11-8/h6-7H,3-5H2,1-2H3,(H,10,13). The van der Waals surface area contributed by atoms with Crippen molar-refractivity contribution < 1.29 is 4.79 Å². The Bertz CT molecular complexity index is 272. The van der Waals surface area contributed by atoms with Gasteiger partial charge in [-0.15, -0.1) is 11.3 Å². The van der Waals surface area contributed by atoms with Crippen molar-refractivity contribution in [3.63, 3.8) is 0 Å². The summed E-state index contributed by atoms with van der Waals surface area (Å²) in [5.74, 6) is -0.0787. The van der Waals surface area contributed by atoms with Crippen LogP contribution in [0.1, 0.15) is 16.9 Å². The molecule has 0 radical (unpaired) electrons. The molecule has 1 heterocycles. The number of nitrogens with one attached hydrogen (secondary N) is 1. The lowest BCUT2D eigenvalue weighted by Crippen LogP contribution is -2.27. The van der Waals surface area contributed by atoms with Gasteiger partial charge in [-0.3, -0.25) is 4.79 Å². The highest BCUT2D eigenvalue weighted by molar-refractivity contribution is 7.07. The Kier molecular flexibility index (Phi) is 4.55. The van der Waals surface area contributed by atoms with Crippen molar-refractivity contribution in [3.05, 3.63) is 16.6 Å². The van der Waals surface area contributed by atoms with E-state index in [1.165, 1.54) is 11.3 Å². The van der Waals surface area contributed by atoms with Gasteiger partial charge in [-0.25, -0.2) is 4.98 Å². The molecule has 0 bridgehead atoms. The van der Waals surface area contributed by atoms with Gasteiger partial charge in [0.25, 0.3) is 5.91 Å². The number of thiazole rings is 1. The monoisotopic (exact) mass is 213 g/mol. The molecule has 0 unspecified atom stereocenters. The molecule has 1 aromatic heterocycles. The lowest BCUT2D eigenvalue weighted by atomic mass is 10.4. The van der Waals surface area contributed by atoms with Crippen LogP contribution in [0.5, 0.6) is 0 Å². The number of carbonyl (C=O) groups excluding carboxylic acids is 1. The quantitative estimate of drug-likeness (QED) is 0.737. The minimum absolute atomic E-state index is 0.0787. The molecule has 0 aliphatic carbocycles. The van der Waals surface area contributed by atoms with E-state index in [0.717, 1.165) is 13.0 Å². The smallest absolute Gasteiger partial charge is 0.270 e. The lowest BCUT2D eigenvalue weighted by Gasteiger charge is -2.08. The van der Waals surface area contributed by atoms with E-state index >= 15 is 0 Å². The molecule has 78 valence electrons. The molecule has 0 saturated carbocycles. The summed E-state index contributed by atoms with van der Waals surface area (Å²) in [6.07, 6.45) is 0.961. The molecule has 0 aliphatic rings. The second-order valence-electron chi connectivity index (χ2n) is 3.29. The highest BCUT2D eigenvalue weighted by atomic mass is 32.1. The number of hydrogen-bond donors (Lipinski definition) is 1. The Hall–Kier alpha value is -0.940. The predicted molar refractivity (Wildman–Crippen MR) is 57.6 cm³/mol. The van der Waals surface area contributed by atoms with E-state index in [0.29, 0.717) is 12.2 Å². The minimum Gasteiger partial charge on any atom is -0.351 e. The Balaban J connectivity index is 2.16. The summed E-state index contributed by atoms with van der Waals surface area (Å²) in [6.45, 7) is 1.69. The van der Waals surface area contributed by atoms with E-state index < -0.39 is 0 Å². The lowest BCUT2D eigenvalue weighted by molar-refractivity contribution is 0.0948. The highest BCUT2D eigenvalue weighted by Gasteiger charge is 2.05. The Morgan fingerprint density at radius 2 is 2.43 bits per heavy atom. The summed E-state index contributed by atoms with van der Waals surface area (Å²) < 4.78 is 0. The third kappa shape index (κ3) is 3.85. The minimum atomic E-state index is -0.0787. The van der Waals surface area contributed by atoms with Gasteiger partial charge in [0, 0.05) is 11.9 Å². The molecule has 5 heteroatoms. The highest BCUT2D eigenvalue weighted by Crippen LogP contribution is 1.99. The first-order chi connectivity index (χ1) is 6.70. The molecule has 0 fully saturated rings. The van der Waals surface area contributed by atoms with Crippen LogP contribution in [0, 0.1) is 0 Å². The normalized spacial score (nSPS) is 10.5. The summed E-state index contributed by atoms with van der Waals surface area (Å²) in [5.41, 5.74) is 2.18. The average molecular weight is 213 g/mol. The van der Waals surface area contributed by atoms with Crippen LogP contribution in [-0.4, -0.2) is 43.0 Å². The second-order valence-corrected chi connectivity index (χ2v) is 4.01. The van der Waals surface area contributed by atoms with E-state index in [2.05, 4.69) is 15.2 Å². The third-order valence-electron chi connectivity index (χ3n) is 1.73. The van der Waals surface area contributed by atoms with Crippen molar-refractivity contribution in [1.29, 1.82) is 0 Å². The van der Waals surface area contributed by atoms with Gasteiger partial charge in [0.15, 0.2) is 0 Å². The fourth-order valence-corrected chi connectivity index (χ4v) is 1.54. The maximum Gasteiger partial charge on any atom is 0.270 e. The molecule has 0 spiro atoms. The zero-order chi connectivity index (χ0) is 10.4. The van der Waals surface area contributed by atoms with E-state index in [1.807, 2.05) is 14.1 Å². The number of hydrogen-bond acceptors (Lipinski definition) is 4. The van der Waals surface area contributed by atoms with Crippen LogP contribution in [0.2, 0.25) is 0 Å². The largest absolute Gasteiger partial charge is 0.351 e. The van der Waals surface area contributed by atoms with Crippen LogP contribution < -0.4 is 5.32 Å². The van der Waals surface area contributed by atoms with E-state index in [1.54, 1.807) is 10.9 Å². The first kappa shape index (κ1) is 11.1. The van der Waals surface area contributed by atoms with Crippen LogP contribution in [0.3, 0.4) is 0 Å². The summed E-state index contributed by atoms with van der Waals surface area (Å²) in [7, 11) is 4.03. The van der Waals surface area contributed by atoms with E-state index in [9.17, 15) is 4.79 Å². The molecule has 14 heavy (non-hydrogen) atoms. The van der Waals surface area contributed by atoms with Crippen molar-refractivity contribution in [2.75, 3.05) is 27.2 Å². The number of amides is 1. The van der Waals surface area contributed by atoms with Crippen LogP contribution in [0.4, 0.5) is 0 Å². The van der Waals surface area contributed by atoms with E-state index in [4.69, 9.17) is 0 Å². The van der Waals surface area contributed by atoms with Crippen molar-refractivity contribution in [1.82, 2.24) is 15.2 Å². The first-order valence-corrected chi connectivity index (χ1v) is 5.45. The molecular weight excluding hydrogens is 198 g/mol. The van der Waals surface area contributed by atoms with Gasteiger partial charge in [-0.1, -0.05) is 0 Å². The molecule has 1 rings (SSSR count). The van der Waals surface area contributed by atoms with Crippen LogP contribution in [0.15, 0.2) is 10.9 Å². The summed E-state index contributed by atoms with van der Waals surface area (Å²) in [6, 6.07) is 0. The molecule has 0 atom stereocenters. The summed E-state index contributed by atoms with van der Waals surface area (Å²) in [4.78, 5) is 17.4. The van der Waals surface area contributed by atoms with Crippen LogP contribution in [0.25, 0.3) is 0 Å². The molecule has 0 aliphatic heterocycles. The fourth-order valence-electron chi connectivity index (χ4n) is 1.01. The molecular formula is C9H15N3OS. The van der Waals surface area contributed by atoms with Crippen molar-refractivity contribution >= 4 is 17.2 Å². The van der Waals surface area contributed by atoms with Gasteiger partial charge in [-0.05, 0) is 27.1 Å².